The molecular formula is C21H31N3O3. The number of benzene rings is 1. The van der Waals surface area contributed by atoms with Crippen LogP contribution in [0.4, 0.5) is 4.79 Å². The molecule has 3 aliphatic rings. The normalized spacial score (nSPS) is 24.3. The highest BCUT2D eigenvalue weighted by Gasteiger charge is 2.29. The number of urea groups is 1. The van der Waals surface area contributed by atoms with E-state index in [2.05, 4.69) is 10.2 Å². The Labute approximate surface area is 161 Å². The maximum Gasteiger partial charge on any atom is 0.317 e. The molecule has 2 atom stereocenters. The van der Waals surface area contributed by atoms with Crippen molar-refractivity contribution in [3.63, 3.8) is 0 Å². The SMILES string of the molecule is C[C@@H](NC(=O)N1CCC[C@@H](N2CCCC2)C1)c1ccc2c(c1)OCCCO2. The van der Waals surface area contributed by atoms with E-state index < -0.39 is 0 Å². The highest BCUT2D eigenvalue weighted by molar-refractivity contribution is 5.75. The lowest BCUT2D eigenvalue weighted by molar-refractivity contribution is 0.124. The molecule has 0 saturated carbocycles. The van der Waals surface area contributed by atoms with Gasteiger partial charge in [-0.05, 0) is 63.4 Å². The van der Waals surface area contributed by atoms with Crippen molar-refractivity contribution >= 4 is 6.03 Å². The second-order valence-corrected chi connectivity index (χ2v) is 7.91. The minimum Gasteiger partial charge on any atom is -0.490 e. The van der Waals surface area contributed by atoms with Crippen molar-refractivity contribution in [3.8, 4) is 11.5 Å². The van der Waals surface area contributed by atoms with Crippen molar-refractivity contribution in [2.24, 2.45) is 0 Å². The number of ether oxygens (including phenoxy) is 2. The summed E-state index contributed by atoms with van der Waals surface area (Å²) in [7, 11) is 0. The van der Waals surface area contributed by atoms with E-state index in [4.69, 9.17) is 9.47 Å². The van der Waals surface area contributed by atoms with Gasteiger partial charge in [-0.3, -0.25) is 4.90 Å². The van der Waals surface area contributed by atoms with Crippen molar-refractivity contribution in [1.82, 2.24) is 15.1 Å². The van der Waals surface area contributed by atoms with Crippen molar-refractivity contribution in [2.45, 2.75) is 51.1 Å². The standard InChI is InChI=1S/C21H31N3O3/c1-16(17-7-8-19-20(14-17)27-13-5-12-26-19)22-21(25)24-11-4-6-18(15-24)23-9-2-3-10-23/h7-8,14,16,18H,2-6,9-13,15H2,1H3,(H,22,25)/t16-,18-/m1/s1. The van der Waals surface area contributed by atoms with Crippen LogP contribution in [-0.2, 0) is 0 Å². The van der Waals surface area contributed by atoms with Gasteiger partial charge in [-0.1, -0.05) is 6.07 Å². The lowest BCUT2D eigenvalue weighted by Crippen LogP contribution is -2.52. The summed E-state index contributed by atoms with van der Waals surface area (Å²) in [5.41, 5.74) is 1.04. The van der Waals surface area contributed by atoms with Gasteiger partial charge in [-0.2, -0.15) is 0 Å². The molecule has 27 heavy (non-hydrogen) atoms. The number of hydrogen-bond donors (Lipinski definition) is 1. The van der Waals surface area contributed by atoms with Gasteiger partial charge in [0.15, 0.2) is 11.5 Å². The summed E-state index contributed by atoms with van der Waals surface area (Å²) in [6.07, 6.45) is 5.78. The van der Waals surface area contributed by atoms with Gasteiger partial charge in [-0.25, -0.2) is 4.79 Å². The summed E-state index contributed by atoms with van der Waals surface area (Å²) in [4.78, 5) is 17.4. The third-order valence-electron chi connectivity index (χ3n) is 5.95. The molecule has 3 aliphatic heterocycles. The Morgan fingerprint density at radius 1 is 1.07 bits per heavy atom. The summed E-state index contributed by atoms with van der Waals surface area (Å²) in [6.45, 7) is 7.46. The number of rotatable bonds is 3. The van der Waals surface area contributed by atoms with Crippen LogP contribution in [0.3, 0.4) is 0 Å². The number of nitrogens with one attached hydrogen (secondary N) is 1. The first kappa shape index (κ1) is 18.4. The molecule has 0 unspecified atom stereocenters. The number of fused-ring (bicyclic) bond motifs is 1. The molecule has 1 aromatic carbocycles. The Hall–Kier alpha value is -1.95. The van der Waals surface area contributed by atoms with Crippen molar-refractivity contribution in [2.75, 3.05) is 39.4 Å². The number of hydrogen-bond acceptors (Lipinski definition) is 4. The van der Waals surface area contributed by atoms with Crippen molar-refractivity contribution in [3.05, 3.63) is 23.8 Å². The van der Waals surface area contributed by atoms with Crippen LogP contribution in [0.2, 0.25) is 0 Å². The van der Waals surface area contributed by atoms with E-state index in [1.165, 1.54) is 32.4 Å². The molecule has 0 aromatic heterocycles. The van der Waals surface area contributed by atoms with Crippen LogP contribution in [0, 0.1) is 0 Å². The largest absolute Gasteiger partial charge is 0.490 e. The van der Waals surface area contributed by atoms with Gasteiger partial charge in [0.2, 0.25) is 0 Å². The van der Waals surface area contributed by atoms with E-state index in [0.29, 0.717) is 19.3 Å². The molecule has 0 spiro atoms. The molecule has 2 fully saturated rings. The third kappa shape index (κ3) is 4.32. The molecule has 1 aromatic rings. The first-order chi connectivity index (χ1) is 13.2. The maximum absolute atomic E-state index is 12.8. The van der Waals surface area contributed by atoms with E-state index >= 15 is 0 Å². The number of likely N-dealkylation sites (tertiary alicyclic amines) is 2. The zero-order chi connectivity index (χ0) is 18.6. The molecule has 0 bridgehead atoms. The number of piperidine rings is 1. The smallest absolute Gasteiger partial charge is 0.317 e. The first-order valence-corrected chi connectivity index (χ1v) is 10.4. The average molecular weight is 373 g/mol. The van der Waals surface area contributed by atoms with Crippen LogP contribution in [0.15, 0.2) is 18.2 Å². The van der Waals surface area contributed by atoms with Gasteiger partial charge in [0.05, 0.1) is 19.3 Å². The Morgan fingerprint density at radius 3 is 2.67 bits per heavy atom. The molecule has 2 amide bonds. The predicted molar refractivity (Wildman–Crippen MR) is 104 cm³/mol. The molecule has 0 aliphatic carbocycles. The highest BCUT2D eigenvalue weighted by Crippen LogP contribution is 2.32. The number of carbonyl (C=O) groups excluding carboxylic acids is 1. The van der Waals surface area contributed by atoms with Crippen LogP contribution >= 0.6 is 0 Å². The quantitative estimate of drug-likeness (QED) is 0.884. The Kier molecular flexibility index (Phi) is 5.72. The van der Waals surface area contributed by atoms with Crippen LogP contribution < -0.4 is 14.8 Å². The predicted octanol–water partition coefficient (Wildman–Crippen LogP) is 3.18. The summed E-state index contributed by atoms with van der Waals surface area (Å²) >= 11 is 0. The van der Waals surface area contributed by atoms with E-state index in [0.717, 1.165) is 43.0 Å². The third-order valence-corrected chi connectivity index (χ3v) is 5.95. The average Bonchev–Trinajstić information content (AvgIpc) is 3.13. The molecule has 0 radical (unpaired) electrons. The van der Waals surface area contributed by atoms with Crippen LogP contribution in [0.25, 0.3) is 0 Å². The van der Waals surface area contributed by atoms with E-state index in [1.807, 2.05) is 30.0 Å². The molecule has 1 N–H and O–H groups in total. The van der Waals surface area contributed by atoms with Gasteiger partial charge in [-0.15, -0.1) is 0 Å². The zero-order valence-corrected chi connectivity index (χ0v) is 16.3. The zero-order valence-electron chi connectivity index (χ0n) is 16.3. The number of amides is 2. The van der Waals surface area contributed by atoms with Gasteiger partial charge in [0.1, 0.15) is 0 Å². The molecule has 6 heteroatoms. The van der Waals surface area contributed by atoms with Crippen LogP contribution in [0.1, 0.15) is 50.6 Å². The lowest BCUT2D eigenvalue weighted by atomic mass is 10.0. The number of nitrogens with zero attached hydrogens (tertiary/aromatic N) is 2. The van der Waals surface area contributed by atoms with Crippen LogP contribution in [0.5, 0.6) is 11.5 Å². The van der Waals surface area contributed by atoms with E-state index in [1.54, 1.807) is 0 Å². The van der Waals surface area contributed by atoms with Crippen molar-refractivity contribution < 1.29 is 14.3 Å². The summed E-state index contributed by atoms with van der Waals surface area (Å²) in [5, 5.41) is 3.17. The summed E-state index contributed by atoms with van der Waals surface area (Å²) in [6, 6.07) is 6.46. The second kappa shape index (κ2) is 8.38. The fourth-order valence-electron chi connectivity index (χ4n) is 4.35. The fraction of sp³-hybridized carbons (Fsp3) is 0.667. The van der Waals surface area contributed by atoms with Crippen molar-refractivity contribution in [1.29, 1.82) is 0 Å². The molecule has 2 saturated heterocycles. The highest BCUT2D eigenvalue weighted by atomic mass is 16.5. The number of carbonyl (C=O) groups is 1. The molecular weight excluding hydrogens is 342 g/mol. The second-order valence-electron chi connectivity index (χ2n) is 7.91. The van der Waals surface area contributed by atoms with Gasteiger partial charge < -0.3 is 19.7 Å². The lowest BCUT2D eigenvalue weighted by Gasteiger charge is -2.38. The monoisotopic (exact) mass is 373 g/mol. The topological polar surface area (TPSA) is 54.0 Å². The maximum atomic E-state index is 12.8. The fourth-order valence-corrected chi connectivity index (χ4v) is 4.35. The Balaban J connectivity index is 1.36. The molecule has 6 nitrogen and oxygen atoms in total. The summed E-state index contributed by atoms with van der Waals surface area (Å²) < 4.78 is 11.5. The van der Waals surface area contributed by atoms with E-state index in [9.17, 15) is 4.79 Å². The summed E-state index contributed by atoms with van der Waals surface area (Å²) in [5.74, 6) is 1.57. The minimum atomic E-state index is -0.0678. The molecule has 3 heterocycles. The minimum absolute atomic E-state index is 0.0403. The van der Waals surface area contributed by atoms with Gasteiger partial charge in [0.25, 0.3) is 0 Å². The van der Waals surface area contributed by atoms with Crippen LogP contribution in [-0.4, -0.2) is 61.3 Å². The first-order valence-electron chi connectivity index (χ1n) is 10.4. The van der Waals surface area contributed by atoms with Gasteiger partial charge in [0, 0.05) is 25.6 Å². The Morgan fingerprint density at radius 2 is 1.85 bits per heavy atom. The van der Waals surface area contributed by atoms with Gasteiger partial charge >= 0.3 is 6.03 Å². The van der Waals surface area contributed by atoms with E-state index in [-0.39, 0.29) is 12.1 Å². The molecule has 148 valence electrons. The Bertz CT molecular complexity index is 660. The molecule has 4 rings (SSSR count).